The summed E-state index contributed by atoms with van der Waals surface area (Å²) >= 11 is 6.10. The van der Waals surface area contributed by atoms with Crippen LogP contribution < -0.4 is 4.74 Å². The molecule has 0 spiro atoms. The summed E-state index contributed by atoms with van der Waals surface area (Å²) in [6, 6.07) is 14.7. The minimum absolute atomic E-state index is 0.297. The monoisotopic (exact) mass is 432 g/mol. The molecule has 3 rings (SSSR count). The molecule has 0 amide bonds. The van der Waals surface area contributed by atoms with Gasteiger partial charge in [-0.05, 0) is 67.8 Å². The third-order valence-electron chi connectivity index (χ3n) is 5.30. The molecule has 0 saturated carbocycles. The zero-order valence-corrected chi connectivity index (χ0v) is 18.2. The molecular weight excluding hydrogens is 408 g/mol. The summed E-state index contributed by atoms with van der Waals surface area (Å²) in [5, 5.41) is 9.69. The number of benzene rings is 2. The highest BCUT2D eigenvalue weighted by Crippen LogP contribution is 2.25. The van der Waals surface area contributed by atoms with Gasteiger partial charge in [-0.25, -0.2) is 8.42 Å². The van der Waals surface area contributed by atoms with Gasteiger partial charge >= 0.3 is 0 Å². The van der Waals surface area contributed by atoms with Crippen LogP contribution in [0.15, 0.2) is 47.4 Å². The zero-order valence-electron chi connectivity index (χ0n) is 16.6. The molecule has 0 unspecified atom stereocenters. The highest BCUT2D eigenvalue weighted by atomic mass is 35.5. The van der Waals surface area contributed by atoms with Crippen molar-refractivity contribution in [1.82, 2.24) is 4.90 Å². The van der Waals surface area contributed by atoms with E-state index in [-0.39, 0.29) is 0 Å². The molecule has 2 aromatic rings. The third kappa shape index (κ3) is 5.96. The lowest BCUT2D eigenvalue weighted by Crippen LogP contribution is -2.29. The summed E-state index contributed by atoms with van der Waals surface area (Å²) in [5.74, 6) is 1.11. The number of halogens is 1. The van der Waals surface area contributed by atoms with Gasteiger partial charge in [-0.15, -0.1) is 0 Å². The molecule has 5 nitrogen and oxygen atoms in total. The van der Waals surface area contributed by atoms with Crippen LogP contribution in [0.4, 0.5) is 0 Å². The quantitative estimate of drug-likeness (QED) is 0.662. The fourth-order valence-electron chi connectivity index (χ4n) is 3.78. The fraction of sp³-hybridized carbons (Fsp3) is 0.409. The molecule has 154 valence electrons. The van der Waals surface area contributed by atoms with Gasteiger partial charge in [0.1, 0.15) is 5.75 Å². The van der Waals surface area contributed by atoms with Crippen molar-refractivity contribution in [3.63, 3.8) is 0 Å². The van der Waals surface area contributed by atoms with E-state index in [1.54, 1.807) is 30.3 Å². The third-order valence-corrected chi connectivity index (χ3v) is 6.65. The number of rotatable bonds is 7. The van der Waals surface area contributed by atoms with E-state index in [4.69, 9.17) is 21.6 Å². The average Bonchev–Trinajstić information content (AvgIpc) is 3.03. The van der Waals surface area contributed by atoms with E-state index >= 15 is 0 Å². The second-order valence-corrected chi connectivity index (χ2v) is 10.2. The molecule has 0 radical (unpaired) electrons. The van der Waals surface area contributed by atoms with Crippen molar-refractivity contribution in [3.05, 3.63) is 58.6 Å². The number of nitriles is 1. The van der Waals surface area contributed by atoms with Crippen LogP contribution >= 0.6 is 11.6 Å². The number of sulfone groups is 1. The summed E-state index contributed by atoms with van der Waals surface area (Å²) in [5.41, 5.74) is 1.67. The van der Waals surface area contributed by atoms with Crippen molar-refractivity contribution in [3.8, 4) is 11.8 Å². The Balaban J connectivity index is 1.51. The van der Waals surface area contributed by atoms with Crippen LogP contribution in [0.25, 0.3) is 0 Å². The van der Waals surface area contributed by atoms with Gasteiger partial charge in [0.2, 0.25) is 0 Å². The first-order valence-corrected chi connectivity index (χ1v) is 11.9. The van der Waals surface area contributed by atoms with E-state index in [9.17, 15) is 8.42 Å². The lowest BCUT2D eigenvalue weighted by atomic mass is 10.1. The van der Waals surface area contributed by atoms with Crippen molar-refractivity contribution in [2.75, 3.05) is 26.0 Å². The minimum Gasteiger partial charge on any atom is -0.493 e. The maximum absolute atomic E-state index is 11.5. The van der Waals surface area contributed by atoms with Crippen molar-refractivity contribution in [2.45, 2.75) is 30.7 Å². The van der Waals surface area contributed by atoms with Crippen LogP contribution in [0.5, 0.6) is 5.75 Å². The molecule has 29 heavy (non-hydrogen) atoms. The Morgan fingerprint density at radius 2 is 1.97 bits per heavy atom. The van der Waals surface area contributed by atoms with E-state index in [0.717, 1.165) is 31.5 Å². The van der Waals surface area contributed by atoms with Gasteiger partial charge in [-0.2, -0.15) is 5.26 Å². The average molecular weight is 433 g/mol. The van der Waals surface area contributed by atoms with Gasteiger partial charge in [0, 0.05) is 36.3 Å². The number of hydrogen-bond donors (Lipinski definition) is 0. The Kier molecular flexibility index (Phi) is 6.84. The van der Waals surface area contributed by atoms with Crippen LogP contribution in [-0.2, 0) is 16.3 Å². The summed E-state index contributed by atoms with van der Waals surface area (Å²) in [6.45, 7) is 4.69. The largest absolute Gasteiger partial charge is 0.493 e. The van der Waals surface area contributed by atoms with Crippen LogP contribution in [0.1, 0.15) is 24.5 Å². The second kappa shape index (κ2) is 9.17. The molecule has 0 bridgehead atoms. The highest BCUT2D eigenvalue weighted by Gasteiger charge is 2.29. The SMILES string of the molecule is C[C@@H]1C[C@@H](COc2ccc(S(C)(=O)=O)cc2)CN1CCc1cc(Cl)cc(C#N)c1. The number of nitrogens with zero attached hydrogens (tertiary/aromatic N) is 2. The summed E-state index contributed by atoms with van der Waals surface area (Å²) in [6.07, 6.45) is 3.10. The highest BCUT2D eigenvalue weighted by molar-refractivity contribution is 7.90. The van der Waals surface area contributed by atoms with Gasteiger partial charge in [0.15, 0.2) is 9.84 Å². The lowest BCUT2D eigenvalue weighted by molar-refractivity contribution is 0.234. The molecule has 2 aromatic carbocycles. The van der Waals surface area contributed by atoms with E-state index in [1.807, 2.05) is 12.1 Å². The molecule has 0 aromatic heterocycles. The Hall–Kier alpha value is -2.07. The van der Waals surface area contributed by atoms with E-state index in [1.165, 1.54) is 6.26 Å². The first-order chi connectivity index (χ1) is 13.7. The predicted molar refractivity (Wildman–Crippen MR) is 114 cm³/mol. The van der Waals surface area contributed by atoms with Crippen LogP contribution in [0.2, 0.25) is 5.02 Å². The lowest BCUT2D eigenvalue weighted by Gasteiger charge is -2.21. The molecule has 1 heterocycles. The smallest absolute Gasteiger partial charge is 0.175 e. The van der Waals surface area contributed by atoms with Gasteiger partial charge in [-0.3, -0.25) is 4.90 Å². The molecule has 7 heteroatoms. The molecule has 1 aliphatic rings. The number of ether oxygens (including phenoxy) is 1. The van der Waals surface area contributed by atoms with Crippen LogP contribution in [0.3, 0.4) is 0 Å². The maximum Gasteiger partial charge on any atom is 0.175 e. The predicted octanol–water partition coefficient (Wildman–Crippen LogP) is 3.95. The summed E-state index contributed by atoms with van der Waals surface area (Å²) < 4.78 is 29.0. The minimum atomic E-state index is -3.19. The second-order valence-electron chi connectivity index (χ2n) is 7.71. The van der Waals surface area contributed by atoms with E-state index in [0.29, 0.717) is 39.8 Å². The fourth-order valence-corrected chi connectivity index (χ4v) is 4.67. The Labute approximate surface area is 177 Å². The Morgan fingerprint density at radius 3 is 2.62 bits per heavy atom. The van der Waals surface area contributed by atoms with Crippen molar-refractivity contribution >= 4 is 21.4 Å². The van der Waals surface area contributed by atoms with Gasteiger partial charge in [0.25, 0.3) is 0 Å². The topological polar surface area (TPSA) is 70.4 Å². The van der Waals surface area contributed by atoms with Crippen LogP contribution in [-0.4, -0.2) is 45.3 Å². The van der Waals surface area contributed by atoms with Crippen molar-refractivity contribution in [1.29, 1.82) is 5.26 Å². The number of likely N-dealkylation sites (tertiary alicyclic amines) is 1. The number of hydrogen-bond acceptors (Lipinski definition) is 5. The first-order valence-electron chi connectivity index (χ1n) is 9.61. The molecule has 1 saturated heterocycles. The molecule has 1 aliphatic heterocycles. The normalized spacial score (nSPS) is 19.8. The molecule has 2 atom stereocenters. The van der Waals surface area contributed by atoms with Gasteiger partial charge in [0.05, 0.1) is 23.1 Å². The van der Waals surface area contributed by atoms with Crippen LogP contribution in [0, 0.1) is 17.2 Å². The summed E-state index contributed by atoms with van der Waals surface area (Å²) in [7, 11) is -3.19. The van der Waals surface area contributed by atoms with E-state index in [2.05, 4.69) is 17.9 Å². The van der Waals surface area contributed by atoms with E-state index < -0.39 is 9.84 Å². The Bertz CT molecular complexity index is 1000. The molecule has 0 N–H and O–H groups in total. The molecular formula is C22H25ClN2O3S. The first kappa shape index (κ1) is 21.6. The summed E-state index contributed by atoms with van der Waals surface area (Å²) in [4.78, 5) is 2.74. The van der Waals surface area contributed by atoms with Crippen molar-refractivity contribution < 1.29 is 13.2 Å². The van der Waals surface area contributed by atoms with Crippen molar-refractivity contribution in [2.24, 2.45) is 5.92 Å². The Morgan fingerprint density at radius 1 is 1.24 bits per heavy atom. The van der Waals surface area contributed by atoms with Gasteiger partial charge in [-0.1, -0.05) is 11.6 Å². The molecule has 1 fully saturated rings. The zero-order chi connectivity index (χ0) is 21.0. The maximum atomic E-state index is 11.5. The standard InChI is InChI=1S/C22H25ClN2O3S/c1-16-9-19(15-28-21-3-5-22(6-4-21)29(2,26)27)14-25(16)8-7-17-10-18(13-24)12-20(23)11-17/h3-6,10-12,16,19H,7-9,14-15H2,1-2H3/t16-,19-/m1/s1. The molecule has 0 aliphatic carbocycles. The van der Waals surface area contributed by atoms with Gasteiger partial charge < -0.3 is 4.74 Å².